The molecule has 1 heterocycles. The average Bonchev–Trinajstić information content (AvgIpc) is 2.84. The molecule has 0 bridgehead atoms. The zero-order valence-electron chi connectivity index (χ0n) is 13.0. The molecule has 0 spiro atoms. The Balaban J connectivity index is 1.85. The number of halogens is 1. The van der Waals surface area contributed by atoms with Crippen molar-refractivity contribution in [2.24, 2.45) is 0 Å². The van der Waals surface area contributed by atoms with Crippen LogP contribution >= 0.6 is 0 Å². The molecule has 2 unspecified atom stereocenters. The third-order valence-electron chi connectivity index (χ3n) is 3.93. The number of β-amino-alcohol motifs (C(OH)–C–C–N with tert-alkyl or cyclic N) is 1. The number of hydrogen-bond acceptors (Lipinski definition) is 3. The lowest BCUT2D eigenvalue weighted by atomic mass is 10.0. The fraction of sp³-hybridized carbons (Fsp3) is 0.647. The molecular formula is C17H26FNO2. The second kappa shape index (κ2) is 7.87. The zero-order valence-corrected chi connectivity index (χ0v) is 13.0. The van der Waals surface area contributed by atoms with E-state index in [-0.39, 0.29) is 11.9 Å². The van der Waals surface area contributed by atoms with E-state index in [4.69, 9.17) is 4.74 Å². The van der Waals surface area contributed by atoms with Crippen LogP contribution < -0.4 is 0 Å². The molecule has 1 aliphatic rings. The van der Waals surface area contributed by atoms with Crippen LogP contribution in [0.15, 0.2) is 24.3 Å². The van der Waals surface area contributed by atoms with Gasteiger partial charge in [-0.05, 0) is 57.4 Å². The molecule has 21 heavy (non-hydrogen) atoms. The molecule has 4 heteroatoms. The summed E-state index contributed by atoms with van der Waals surface area (Å²) in [6.07, 6.45) is 2.77. The maximum absolute atomic E-state index is 13.3. The lowest BCUT2D eigenvalue weighted by molar-refractivity contribution is -0.00997. The highest BCUT2D eigenvalue weighted by atomic mass is 19.1. The first-order valence-electron chi connectivity index (χ1n) is 7.82. The quantitative estimate of drug-likeness (QED) is 0.839. The molecule has 1 aliphatic heterocycles. The molecule has 0 aromatic heterocycles. The molecular weight excluding hydrogens is 269 g/mol. The summed E-state index contributed by atoms with van der Waals surface area (Å²) < 4.78 is 18.7. The summed E-state index contributed by atoms with van der Waals surface area (Å²) in [4.78, 5) is 2.30. The monoisotopic (exact) mass is 295 g/mol. The van der Waals surface area contributed by atoms with Gasteiger partial charge in [0.2, 0.25) is 0 Å². The van der Waals surface area contributed by atoms with E-state index in [1.54, 1.807) is 12.1 Å². The molecule has 0 radical (unpaired) electrons. The third kappa shape index (κ3) is 5.38. The maximum Gasteiger partial charge on any atom is 0.123 e. The van der Waals surface area contributed by atoms with Crippen LogP contribution in [0.25, 0.3) is 0 Å². The Morgan fingerprint density at radius 1 is 1.43 bits per heavy atom. The first-order chi connectivity index (χ1) is 10.0. The molecule has 1 aromatic carbocycles. The van der Waals surface area contributed by atoms with Crippen LogP contribution in [0.3, 0.4) is 0 Å². The van der Waals surface area contributed by atoms with Crippen LogP contribution in [0.5, 0.6) is 0 Å². The summed E-state index contributed by atoms with van der Waals surface area (Å²) in [5.41, 5.74) is 1.03. The lowest BCUT2D eigenvalue weighted by Crippen LogP contribution is -2.39. The van der Waals surface area contributed by atoms with Gasteiger partial charge in [0, 0.05) is 12.6 Å². The van der Waals surface area contributed by atoms with Gasteiger partial charge in [-0.15, -0.1) is 0 Å². The van der Waals surface area contributed by atoms with E-state index in [0.717, 1.165) is 31.4 Å². The van der Waals surface area contributed by atoms with Gasteiger partial charge in [0.05, 0.1) is 18.8 Å². The van der Waals surface area contributed by atoms with Crippen molar-refractivity contribution in [3.05, 3.63) is 35.6 Å². The topological polar surface area (TPSA) is 32.7 Å². The van der Waals surface area contributed by atoms with Gasteiger partial charge in [-0.1, -0.05) is 12.1 Å². The number of ether oxygens (including phenoxy) is 1. The summed E-state index contributed by atoms with van der Waals surface area (Å²) in [5, 5.41) is 10.1. The lowest BCUT2D eigenvalue weighted by Gasteiger charge is -2.27. The highest BCUT2D eigenvalue weighted by Gasteiger charge is 2.26. The number of likely N-dealkylation sites (tertiary alicyclic amines) is 1. The van der Waals surface area contributed by atoms with Crippen LogP contribution in [0.1, 0.15) is 32.3 Å². The molecule has 0 aliphatic carbocycles. The van der Waals surface area contributed by atoms with Crippen LogP contribution in [0.4, 0.5) is 4.39 Å². The van der Waals surface area contributed by atoms with E-state index in [2.05, 4.69) is 4.90 Å². The number of aliphatic hydroxyl groups excluding tert-OH is 1. The Morgan fingerprint density at radius 3 is 2.95 bits per heavy atom. The first kappa shape index (κ1) is 16.4. The van der Waals surface area contributed by atoms with Crippen LogP contribution in [-0.2, 0) is 11.2 Å². The number of benzene rings is 1. The maximum atomic E-state index is 13.3. The van der Waals surface area contributed by atoms with E-state index < -0.39 is 6.10 Å². The molecule has 2 atom stereocenters. The highest BCUT2D eigenvalue weighted by Crippen LogP contribution is 2.21. The number of rotatable bonds is 7. The van der Waals surface area contributed by atoms with Gasteiger partial charge in [0.15, 0.2) is 0 Å². The highest BCUT2D eigenvalue weighted by molar-refractivity contribution is 5.17. The average molecular weight is 295 g/mol. The van der Waals surface area contributed by atoms with Crippen molar-refractivity contribution in [3.8, 4) is 0 Å². The summed E-state index contributed by atoms with van der Waals surface area (Å²) in [6, 6.07) is 7.20. The van der Waals surface area contributed by atoms with E-state index >= 15 is 0 Å². The summed E-state index contributed by atoms with van der Waals surface area (Å²) in [5.74, 6) is -0.178. The van der Waals surface area contributed by atoms with Crippen LogP contribution in [0.2, 0.25) is 0 Å². The molecule has 1 N–H and O–H groups in total. The van der Waals surface area contributed by atoms with Gasteiger partial charge in [-0.3, -0.25) is 4.90 Å². The van der Waals surface area contributed by atoms with Gasteiger partial charge < -0.3 is 9.84 Å². The smallest absolute Gasteiger partial charge is 0.123 e. The van der Waals surface area contributed by atoms with Gasteiger partial charge in [0.25, 0.3) is 0 Å². The van der Waals surface area contributed by atoms with Crippen molar-refractivity contribution >= 4 is 0 Å². The Labute approximate surface area is 126 Å². The summed E-state index contributed by atoms with van der Waals surface area (Å²) in [7, 11) is 0. The minimum Gasteiger partial charge on any atom is -0.389 e. The van der Waals surface area contributed by atoms with Crippen molar-refractivity contribution in [1.29, 1.82) is 0 Å². The number of nitrogens with zero attached hydrogens (tertiary/aromatic N) is 1. The minimum atomic E-state index is -0.458. The fourth-order valence-corrected chi connectivity index (χ4v) is 2.93. The second-order valence-corrected chi connectivity index (χ2v) is 6.16. The third-order valence-corrected chi connectivity index (χ3v) is 3.93. The van der Waals surface area contributed by atoms with E-state index in [0.29, 0.717) is 19.2 Å². The Hall–Kier alpha value is -0.970. The Kier molecular flexibility index (Phi) is 6.15. The zero-order chi connectivity index (χ0) is 15.2. The van der Waals surface area contributed by atoms with E-state index in [9.17, 15) is 9.50 Å². The van der Waals surface area contributed by atoms with E-state index in [1.807, 2.05) is 19.9 Å². The first-order valence-corrected chi connectivity index (χ1v) is 7.82. The summed E-state index contributed by atoms with van der Waals surface area (Å²) >= 11 is 0. The normalized spacial score (nSPS) is 21.1. The van der Waals surface area contributed by atoms with E-state index in [1.165, 1.54) is 6.07 Å². The summed E-state index contributed by atoms with van der Waals surface area (Å²) in [6.45, 7) is 5.94. The predicted octanol–water partition coefficient (Wildman–Crippen LogP) is 2.62. The van der Waals surface area contributed by atoms with Crippen molar-refractivity contribution in [2.75, 3.05) is 19.7 Å². The molecule has 0 amide bonds. The van der Waals surface area contributed by atoms with Gasteiger partial charge >= 0.3 is 0 Å². The second-order valence-electron chi connectivity index (χ2n) is 6.16. The Morgan fingerprint density at radius 2 is 2.24 bits per heavy atom. The standard InChI is InChI=1S/C17H26FNO2/c1-13(2)21-12-17(20)11-19-8-4-7-16(19)10-14-5-3-6-15(18)9-14/h3,5-6,9,13,16-17,20H,4,7-8,10-12H2,1-2H3. The van der Waals surface area contributed by atoms with Crippen molar-refractivity contribution in [3.63, 3.8) is 0 Å². The van der Waals surface area contributed by atoms with Crippen LogP contribution in [-0.4, -0.2) is 48.0 Å². The molecule has 118 valence electrons. The molecule has 2 rings (SSSR count). The van der Waals surface area contributed by atoms with Gasteiger partial charge in [-0.2, -0.15) is 0 Å². The van der Waals surface area contributed by atoms with Crippen molar-refractivity contribution in [1.82, 2.24) is 4.90 Å². The van der Waals surface area contributed by atoms with Crippen molar-refractivity contribution in [2.45, 2.75) is 51.4 Å². The SMILES string of the molecule is CC(C)OCC(O)CN1CCCC1Cc1cccc(F)c1. The molecule has 1 saturated heterocycles. The van der Waals surface area contributed by atoms with Crippen molar-refractivity contribution < 1.29 is 14.2 Å². The van der Waals surface area contributed by atoms with Gasteiger partial charge in [-0.25, -0.2) is 4.39 Å². The largest absolute Gasteiger partial charge is 0.389 e. The Bertz CT molecular complexity index is 439. The van der Waals surface area contributed by atoms with Gasteiger partial charge in [0.1, 0.15) is 5.82 Å². The minimum absolute atomic E-state index is 0.140. The van der Waals surface area contributed by atoms with Crippen LogP contribution in [0, 0.1) is 5.82 Å². The predicted molar refractivity (Wildman–Crippen MR) is 81.8 cm³/mol. The molecule has 1 aromatic rings. The fourth-order valence-electron chi connectivity index (χ4n) is 2.93. The number of hydrogen-bond donors (Lipinski definition) is 1. The molecule has 0 saturated carbocycles. The molecule has 1 fully saturated rings. The molecule has 3 nitrogen and oxygen atoms in total. The number of aliphatic hydroxyl groups is 1.